The zero-order valence-corrected chi connectivity index (χ0v) is 9.94. The Bertz CT molecular complexity index is 712. The second-order valence-corrected chi connectivity index (χ2v) is 4.09. The van der Waals surface area contributed by atoms with Gasteiger partial charge in [-0.25, -0.2) is 9.97 Å². The van der Waals surface area contributed by atoms with Gasteiger partial charge in [-0.2, -0.15) is 5.26 Å². The molecule has 0 spiro atoms. The van der Waals surface area contributed by atoms with Gasteiger partial charge < -0.3 is 4.98 Å². The topological polar surface area (TPSA) is 65.4 Å². The predicted octanol–water partition coefficient (Wildman–Crippen LogP) is 3.10. The van der Waals surface area contributed by atoms with Crippen molar-refractivity contribution in [1.82, 2.24) is 15.0 Å². The quantitative estimate of drug-likeness (QED) is 0.679. The SMILES string of the molecule is N#Cc1c(-c2ccccc2)nc2c(Cl)nc[nH]c1-2. The first-order chi connectivity index (χ1) is 8.81. The van der Waals surface area contributed by atoms with Crippen LogP contribution in [0.25, 0.3) is 22.6 Å². The Balaban J connectivity index is 2.34. The van der Waals surface area contributed by atoms with Crippen LogP contribution in [0.15, 0.2) is 36.7 Å². The number of halogens is 1. The van der Waals surface area contributed by atoms with E-state index in [1.165, 1.54) is 6.33 Å². The van der Waals surface area contributed by atoms with E-state index in [2.05, 4.69) is 21.0 Å². The molecule has 4 nitrogen and oxygen atoms in total. The first-order valence-corrected chi connectivity index (χ1v) is 5.67. The van der Waals surface area contributed by atoms with Gasteiger partial charge in [0.15, 0.2) is 5.15 Å². The molecule has 1 N–H and O–H groups in total. The van der Waals surface area contributed by atoms with Gasteiger partial charge in [0.05, 0.1) is 17.7 Å². The number of nitriles is 1. The third-order valence-electron chi connectivity index (χ3n) is 2.69. The van der Waals surface area contributed by atoms with Crippen molar-refractivity contribution >= 4 is 11.6 Å². The van der Waals surface area contributed by atoms with Crippen molar-refractivity contribution in [1.29, 1.82) is 5.26 Å². The van der Waals surface area contributed by atoms with E-state index in [1.807, 2.05) is 30.3 Å². The number of aromatic nitrogens is 3. The number of nitrogens with zero attached hydrogens (tertiary/aromatic N) is 3. The van der Waals surface area contributed by atoms with Crippen LogP contribution in [-0.4, -0.2) is 15.0 Å². The summed E-state index contributed by atoms with van der Waals surface area (Å²) in [6.07, 6.45) is 1.46. The highest BCUT2D eigenvalue weighted by Crippen LogP contribution is 2.35. The molecular weight excluding hydrogens is 248 g/mol. The summed E-state index contributed by atoms with van der Waals surface area (Å²) in [6, 6.07) is 11.7. The van der Waals surface area contributed by atoms with E-state index in [-0.39, 0.29) is 0 Å². The van der Waals surface area contributed by atoms with Gasteiger partial charge in [-0.05, 0) is 0 Å². The number of H-pyrrole nitrogens is 1. The lowest BCUT2D eigenvalue weighted by Crippen LogP contribution is -1.88. The summed E-state index contributed by atoms with van der Waals surface area (Å²) in [5.74, 6) is 0. The van der Waals surface area contributed by atoms with Crippen molar-refractivity contribution in [2.75, 3.05) is 0 Å². The summed E-state index contributed by atoms with van der Waals surface area (Å²) < 4.78 is 0. The maximum absolute atomic E-state index is 9.28. The second kappa shape index (κ2) is 4.13. The molecule has 2 aliphatic heterocycles. The molecule has 2 aliphatic rings. The van der Waals surface area contributed by atoms with Crippen LogP contribution in [0.5, 0.6) is 0 Å². The van der Waals surface area contributed by atoms with Gasteiger partial charge in [-0.1, -0.05) is 41.9 Å². The van der Waals surface area contributed by atoms with Crippen LogP contribution in [0.3, 0.4) is 0 Å². The molecule has 0 atom stereocenters. The molecule has 5 heteroatoms. The fourth-order valence-corrected chi connectivity index (χ4v) is 2.06. The molecule has 0 saturated carbocycles. The van der Waals surface area contributed by atoms with Crippen LogP contribution in [0.1, 0.15) is 5.56 Å². The molecular formula is C13H7ClN4. The molecule has 0 amide bonds. The minimum Gasteiger partial charge on any atom is -0.343 e. The predicted molar refractivity (Wildman–Crippen MR) is 68.2 cm³/mol. The number of aromatic amines is 1. The number of rotatable bonds is 1. The largest absolute Gasteiger partial charge is 0.343 e. The molecule has 0 radical (unpaired) electrons. The van der Waals surface area contributed by atoms with Crippen LogP contribution >= 0.6 is 11.6 Å². The van der Waals surface area contributed by atoms with E-state index in [9.17, 15) is 5.26 Å². The first-order valence-electron chi connectivity index (χ1n) is 5.29. The number of fused-ring (bicyclic) bond motifs is 1. The van der Waals surface area contributed by atoms with Crippen molar-refractivity contribution in [2.45, 2.75) is 0 Å². The smallest absolute Gasteiger partial charge is 0.158 e. The zero-order chi connectivity index (χ0) is 12.5. The van der Waals surface area contributed by atoms with Crippen LogP contribution in [0, 0.1) is 11.3 Å². The van der Waals surface area contributed by atoms with Crippen molar-refractivity contribution in [2.24, 2.45) is 0 Å². The van der Waals surface area contributed by atoms with Crippen molar-refractivity contribution < 1.29 is 0 Å². The summed E-state index contributed by atoms with van der Waals surface area (Å²) >= 11 is 5.98. The maximum atomic E-state index is 9.28. The molecule has 3 rings (SSSR count). The van der Waals surface area contributed by atoms with Crippen LogP contribution in [0.2, 0.25) is 5.15 Å². The normalized spacial score (nSPS) is 10.4. The molecule has 18 heavy (non-hydrogen) atoms. The zero-order valence-electron chi connectivity index (χ0n) is 9.18. The van der Waals surface area contributed by atoms with Gasteiger partial charge in [0, 0.05) is 5.56 Å². The highest BCUT2D eigenvalue weighted by molar-refractivity contribution is 6.32. The van der Waals surface area contributed by atoms with Crippen LogP contribution in [-0.2, 0) is 0 Å². The van der Waals surface area contributed by atoms with Crippen molar-refractivity contribution in [3.63, 3.8) is 0 Å². The molecule has 1 aromatic rings. The molecule has 86 valence electrons. The van der Waals surface area contributed by atoms with E-state index in [4.69, 9.17) is 11.6 Å². The van der Waals surface area contributed by atoms with Gasteiger partial charge in [0.25, 0.3) is 0 Å². The summed E-state index contributed by atoms with van der Waals surface area (Å²) in [5.41, 5.74) is 3.14. The fraction of sp³-hybridized carbons (Fsp3) is 0. The highest BCUT2D eigenvalue weighted by atomic mass is 35.5. The van der Waals surface area contributed by atoms with Crippen LogP contribution < -0.4 is 0 Å². The number of nitrogens with one attached hydrogen (secondary N) is 1. The summed E-state index contributed by atoms with van der Waals surface area (Å²) in [7, 11) is 0. The summed E-state index contributed by atoms with van der Waals surface area (Å²) in [5, 5.41) is 9.58. The van der Waals surface area contributed by atoms with Crippen molar-refractivity contribution in [3.05, 3.63) is 47.4 Å². The molecule has 1 aromatic carbocycles. The third kappa shape index (κ3) is 1.53. The van der Waals surface area contributed by atoms with Gasteiger partial charge >= 0.3 is 0 Å². The molecule has 0 bridgehead atoms. The number of benzene rings is 1. The highest BCUT2D eigenvalue weighted by Gasteiger charge is 2.22. The maximum Gasteiger partial charge on any atom is 0.158 e. The molecule has 0 fully saturated rings. The minimum atomic E-state index is 0.294. The first kappa shape index (κ1) is 10.8. The van der Waals surface area contributed by atoms with Gasteiger partial charge in [-0.3, -0.25) is 0 Å². The Morgan fingerprint density at radius 1 is 1.17 bits per heavy atom. The fourth-order valence-electron chi connectivity index (χ4n) is 1.88. The van der Waals surface area contributed by atoms with Crippen LogP contribution in [0.4, 0.5) is 0 Å². The minimum absolute atomic E-state index is 0.294. The lowest BCUT2D eigenvalue weighted by Gasteiger charge is -1.97. The second-order valence-electron chi connectivity index (χ2n) is 3.73. The lowest BCUT2D eigenvalue weighted by atomic mass is 10.1. The van der Waals surface area contributed by atoms with Gasteiger partial charge in [0.1, 0.15) is 17.3 Å². The summed E-state index contributed by atoms with van der Waals surface area (Å²) in [6.45, 7) is 0. The molecule has 0 unspecified atom stereocenters. The third-order valence-corrected chi connectivity index (χ3v) is 2.97. The van der Waals surface area contributed by atoms with E-state index in [0.29, 0.717) is 27.8 Å². The van der Waals surface area contributed by atoms with Gasteiger partial charge in [-0.15, -0.1) is 0 Å². The Labute approximate surface area is 108 Å². The standard InChI is InChI=1S/C13H7ClN4/c14-13-12-11(16-7-17-13)9(6-15)10(18-12)8-4-2-1-3-5-8/h1-5,7H,(H,16,17). The molecule has 2 heterocycles. The summed E-state index contributed by atoms with van der Waals surface area (Å²) in [4.78, 5) is 11.3. The Morgan fingerprint density at radius 2 is 1.94 bits per heavy atom. The Kier molecular flexibility index (Phi) is 2.47. The van der Waals surface area contributed by atoms with E-state index >= 15 is 0 Å². The van der Waals surface area contributed by atoms with E-state index < -0.39 is 0 Å². The monoisotopic (exact) mass is 254 g/mol. The lowest BCUT2D eigenvalue weighted by molar-refractivity contribution is 1.15. The van der Waals surface area contributed by atoms with Crippen molar-refractivity contribution in [3.8, 4) is 28.7 Å². The average molecular weight is 255 g/mol. The number of hydrogen-bond donors (Lipinski definition) is 1. The van der Waals surface area contributed by atoms with Gasteiger partial charge in [0.2, 0.25) is 0 Å². The molecule has 0 aliphatic carbocycles. The molecule has 0 aromatic heterocycles. The Morgan fingerprint density at radius 3 is 2.67 bits per heavy atom. The molecule has 0 saturated heterocycles. The Hall–Kier alpha value is -2.38. The van der Waals surface area contributed by atoms with E-state index in [0.717, 1.165) is 5.56 Å². The average Bonchev–Trinajstić information content (AvgIpc) is 2.80. The number of hydrogen-bond acceptors (Lipinski definition) is 3. The van der Waals surface area contributed by atoms with E-state index in [1.54, 1.807) is 0 Å².